The van der Waals surface area contributed by atoms with Crippen molar-refractivity contribution in [3.05, 3.63) is 71.9 Å². The SMILES string of the molecule is COC(=O)C[C@@H]1N[C@@H]([C@H](CC(C)C)NC(=O)[C@H](Cc2c[nH]c3ccccc23)NC(=O)OC(C)(C)C)CN([C@@H](Cc2ccccc2)C(N)=O)C1=O. The number of amides is 4. The molecule has 13 nitrogen and oxygen atoms in total. The molecule has 0 unspecified atom stereocenters. The van der Waals surface area contributed by atoms with Gasteiger partial charge in [0.05, 0.1) is 19.6 Å². The molecule has 1 aliphatic rings. The van der Waals surface area contributed by atoms with Crippen molar-refractivity contribution >= 4 is 40.7 Å². The molecule has 0 aliphatic carbocycles. The number of primary amides is 1. The molecule has 3 aromatic rings. The molecule has 1 aliphatic heterocycles. The Morgan fingerprint density at radius 3 is 2.32 bits per heavy atom. The number of nitrogens with zero attached hydrogens (tertiary/aromatic N) is 1. The van der Waals surface area contributed by atoms with Gasteiger partial charge in [-0.3, -0.25) is 24.5 Å². The number of nitrogens with two attached hydrogens (primary N) is 1. The number of alkyl carbamates (subject to hydrolysis) is 1. The summed E-state index contributed by atoms with van der Waals surface area (Å²) in [6.07, 6.45) is 1.60. The second-order valence-corrected chi connectivity index (χ2v) is 14.2. The summed E-state index contributed by atoms with van der Waals surface area (Å²) >= 11 is 0. The number of carbonyl (C=O) groups excluding carboxylic acids is 5. The quantitative estimate of drug-likeness (QED) is 0.160. The molecule has 5 atom stereocenters. The Hall–Kier alpha value is -4.91. The number of piperazine rings is 1. The number of nitrogens with one attached hydrogen (secondary N) is 4. The standard InChI is InChI=1S/C37H50N6O7/c1-22(2)16-27(41-34(46)28(42-36(48)50-37(3,4)5)18-24-20-39-26-15-11-10-14-25(24)26)30-21-43(35(47)29(40-30)19-32(44)49-6)31(33(38)45)17-23-12-8-7-9-13-23/h7-15,20,22,27-31,39-40H,16-19,21H2,1-6H3,(H2,38,45)(H,41,46)(H,42,48)/t27-,28-,29-,30+,31-/m0/s1. The highest BCUT2D eigenvalue weighted by Crippen LogP contribution is 2.23. The summed E-state index contributed by atoms with van der Waals surface area (Å²) in [6, 6.07) is 12.6. The van der Waals surface area contributed by atoms with E-state index in [-0.39, 0.29) is 31.7 Å². The molecule has 1 saturated heterocycles. The smallest absolute Gasteiger partial charge is 0.408 e. The zero-order chi connectivity index (χ0) is 36.6. The molecule has 270 valence electrons. The number of hydrogen-bond donors (Lipinski definition) is 5. The molecule has 0 spiro atoms. The van der Waals surface area contributed by atoms with E-state index < -0.39 is 65.6 Å². The average Bonchev–Trinajstić information content (AvgIpc) is 3.46. The van der Waals surface area contributed by atoms with Gasteiger partial charge >= 0.3 is 12.1 Å². The first-order chi connectivity index (χ1) is 23.6. The van der Waals surface area contributed by atoms with Crippen molar-refractivity contribution in [2.45, 2.75) is 96.1 Å². The van der Waals surface area contributed by atoms with Gasteiger partial charge in [0, 0.05) is 48.6 Å². The van der Waals surface area contributed by atoms with Crippen molar-refractivity contribution in [1.29, 1.82) is 0 Å². The Kier molecular flexibility index (Phi) is 12.6. The van der Waals surface area contributed by atoms with Gasteiger partial charge in [-0.2, -0.15) is 0 Å². The number of methoxy groups -OCH3 is 1. The van der Waals surface area contributed by atoms with Gasteiger partial charge in [0.25, 0.3) is 0 Å². The van der Waals surface area contributed by atoms with E-state index in [1.807, 2.05) is 74.6 Å². The van der Waals surface area contributed by atoms with Crippen LogP contribution in [0, 0.1) is 5.92 Å². The fourth-order valence-corrected chi connectivity index (χ4v) is 6.30. The van der Waals surface area contributed by atoms with Crippen molar-refractivity contribution in [3.63, 3.8) is 0 Å². The second-order valence-electron chi connectivity index (χ2n) is 14.2. The number of benzene rings is 2. The van der Waals surface area contributed by atoms with Crippen LogP contribution in [-0.2, 0) is 41.5 Å². The lowest BCUT2D eigenvalue weighted by Gasteiger charge is -2.44. The summed E-state index contributed by atoms with van der Waals surface area (Å²) in [4.78, 5) is 71.0. The topological polar surface area (TPSA) is 185 Å². The van der Waals surface area contributed by atoms with Gasteiger partial charge in [0.15, 0.2) is 0 Å². The van der Waals surface area contributed by atoms with E-state index in [0.29, 0.717) is 6.42 Å². The van der Waals surface area contributed by atoms with Gasteiger partial charge in [-0.1, -0.05) is 62.4 Å². The molecule has 2 aromatic carbocycles. The summed E-state index contributed by atoms with van der Waals surface area (Å²) in [6.45, 7) is 9.25. The van der Waals surface area contributed by atoms with Crippen molar-refractivity contribution in [3.8, 4) is 0 Å². The van der Waals surface area contributed by atoms with Crippen LogP contribution in [-0.4, -0.2) is 89.1 Å². The van der Waals surface area contributed by atoms with E-state index in [0.717, 1.165) is 22.0 Å². The predicted molar refractivity (Wildman–Crippen MR) is 189 cm³/mol. The number of hydrogen-bond acceptors (Lipinski definition) is 8. The molecule has 0 saturated carbocycles. The lowest BCUT2D eigenvalue weighted by Crippen LogP contribution is -2.69. The fraction of sp³-hybridized carbons (Fsp3) is 0.486. The zero-order valence-corrected chi connectivity index (χ0v) is 29.7. The van der Waals surface area contributed by atoms with Gasteiger partial charge in [0.2, 0.25) is 17.7 Å². The van der Waals surface area contributed by atoms with E-state index in [4.69, 9.17) is 15.2 Å². The number of aromatic nitrogens is 1. The fourth-order valence-electron chi connectivity index (χ4n) is 6.30. The van der Waals surface area contributed by atoms with Crippen molar-refractivity contribution in [1.82, 2.24) is 25.8 Å². The molecule has 6 N–H and O–H groups in total. The minimum absolute atomic E-state index is 0.0290. The Morgan fingerprint density at radius 1 is 1.00 bits per heavy atom. The van der Waals surface area contributed by atoms with Crippen molar-refractivity contribution in [2.75, 3.05) is 13.7 Å². The Labute approximate surface area is 293 Å². The van der Waals surface area contributed by atoms with Gasteiger partial charge in [-0.25, -0.2) is 4.79 Å². The average molecular weight is 691 g/mol. The van der Waals surface area contributed by atoms with E-state index in [1.54, 1.807) is 20.8 Å². The largest absolute Gasteiger partial charge is 0.469 e. The summed E-state index contributed by atoms with van der Waals surface area (Å²) in [5.41, 5.74) is 7.63. The maximum absolute atomic E-state index is 14.2. The van der Waals surface area contributed by atoms with Crippen LogP contribution >= 0.6 is 0 Å². The van der Waals surface area contributed by atoms with E-state index in [9.17, 15) is 24.0 Å². The molecule has 1 fully saturated rings. The molecular weight excluding hydrogens is 640 g/mol. The molecule has 0 radical (unpaired) electrons. The third kappa shape index (κ3) is 10.3. The third-order valence-corrected chi connectivity index (χ3v) is 8.61. The number of para-hydroxylation sites is 1. The maximum atomic E-state index is 14.2. The van der Waals surface area contributed by atoms with Crippen LogP contribution in [0.1, 0.15) is 58.6 Å². The Balaban J connectivity index is 1.66. The van der Waals surface area contributed by atoms with Crippen molar-refractivity contribution in [2.24, 2.45) is 11.7 Å². The molecule has 4 amide bonds. The molecule has 50 heavy (non-hydrogen) atoms. The minimum atomic E-state index is -1.03. The molecular formula is C37H50N6O7. The van der Waals surface area contributed by atoms with Crippen LogP contribution in [0.4, 0.5) is 4.79 Å². The van der Waals surface area contributed by atoms with Gasteiger partial charge in [-0.15, -0.1) is 0 Å². The van der Waals surface area contributed by atoms with Crippen LogP contribution in [0.3, 0.4) is 0 Å². The molecule has 4 rings (SSSR count). The monoisotopic (exact) mass is 690 g/mol. The highest BCUT2D eigenvalue weighted by molar-refractivity contribution is 5.92. The minimum Gasteiger partial charge on any atom is -0.469 e. The van der Waals surface area contributed by atoms with Crippen LogP contribution in [0.25, 0.3) is 10.9 Å². The number of ether oxygens (including phenoxy) is 2. The normalized spacial score (nSPS) is 18.3. The van der Waals surface area contributed by atoms with Crippen LogP contribution in [0.5, 0.6) is 0 Å². The van der Waals surface area contributed by atoms with E-state index in [2.05, 4.69) is 20.9 Å². The molecule has 1 aromatic heterocycles. The second kappa shape index (κ2) is 16.7. The number of aromatic amines is 1. The Bertz CT molecular complexity index is 1650. The highest BCUT2D eigenvalue weighted by Gasteiger charge is 2.43. The van der Waals surface area contributed by atoms with Gasteiger partial charge in [-0.05, 0) is 50.3 Å². The molecule has 0 bridgehead atoms. The third-order valence-electron chi connectivity index (χ3n) is 8.61. The van der Waals surface area contributed by atoms with Crippen molar-refractivity contribution < 1.29 is 33.4 Å². The van der Waals surface area contributed by atoms with E-state index in [1.165, 1.54) is 12.0 Å². The number of esters is 1. The summed E-state index contributed by atoms with van der Waals surface area (Å²) in [5.74, 6) is -2.14. The predicted octanol–water partition coefficient (Wildman–Crippen LogP) is 2.96. The maximum Gasteiger partial charge on any atom is 0.408 e. The Morgan fingerprint density at radius 2 is 1.68 bits per heavy atom. The van der Waals surface area contributed by atoms with Crippen LogP contribution in [0.2, 0.25) is 0 Å². The number of rotatable bonds is 14. The van der Waals surface area contributed by atoms with Gasteiger partial charge in [0.1, 0.15) is 17.7 Å². The first kappa shape index (κ1) is 37.9. The lowest BCUT2D eigenvalue weighted by molar-refractivity contribution is -0.150. The zero-order valence-electron chi connectivity index (χ0n) is 29.7. The summed E-state index contributed by atoms with van der Waals surface area (Å²) in [5, 5.41) is 10.1. The van der Waals surface area contributed by atoms with Gasteiger partial charge < -0.3 is 35.7 Å². The van der Waals surface area contributed by atoms with Crippen LogP contribution < -0.4 is 21.7 Å². The first-order valence-corrected chi connectivity index (χ1v) is 17.0. The summed E-state index contributed by atoms with van der Waals surface area (Å²) < 4.78 is 10.4. The number of fused-ring (bicyclic) bond motifs is 1. The lowest BCUT2D eigenvalue weighted by atomic mass is 9.91. The van der Waals surface area contributed by atoms with Crippen LogP contribution in [0.15, 0.2) is 60.8 Å². The molecule has 2 heterocycles. The molecule has 13 heteroatoms. The first-order valence-electron chi connectivity index (χ1n) is 17.0. The highest BCUT2D eigenvalue weighted by atomic mass is 16.6. The number of carbonyl (C=O) groups is 5. The van der Waals surface area contributed by atoms with E-state index >= 15 is 0 Å². The summed E-state index contributed by atoms with van der Waals surface area (Å²) in [7, 11) is 1.24. The number of H-pyrrole nitrogens is 1.